The monoisotopic (exact) mass is 530 g/mol. The Bertz CT molecular complexity index is 1080. The number of alkyl halides is 5. The third-order valence-corrected chi connectivity index (χ3v) is 7.57. The largest absolute Gasteiger partial charge is 0.435 e. The van der Waals surface area contributed by atoms with Crippen molar-refractivity contribution in [2.75, 3.05) is 38.2 Å². The highest BCUT2D eigenvalue weighted by molar-refractivity contribution is 5.64. The lowest BCUT2D eigenvalue weighted by molar-refractivity contribution is -0.137. The van der Waals surface area contributed by atoms with Crippen LogP contribution >= 0.6 is 0 Å². The number of benzene rings is 1. The number of anilines is 1. The van der Waals surface area contributed by atoms with Gasteiger partial charge in [0.1, 0.15) is 17.1 Å². The van der Waals surface area contributed by atoms with Crippen molar-refractivity contribution in [3.05, 3.63) is 35.6 Å². The summed E-state index contributed by atoms with van der Waals surface area (Å²) in [6.45, 7) is 1.40. The summed E-state index contributed by atoms with van der Waals surface area (Å²) in [7, 11) is 0. The molecule has 1 aromatic carbocycles. The molecule has 202 valence electrons. The summed E-state index contributed by atoms with van der Waals surface area (Å²) < 4.78 is 90.5. The highest BCUT2D eigenvalue weighted by atomic mass is 19.4. The number of nitrogens with zero attached hydrogens (tertiary/aromatic N) is 3. The Morgan fingerprint density at radius 3 is 2.38 bits per heavy atom. The zero-order valence-corrected chi connectivity index (χ0v) is 20.0. The fraction of sp³-hybridized carbons (Fsp3) is 0.600. The summed E-state index contributed by atoms with van der Waals surface area (Å²) in [6.07, 6.45) is -1.12. The molecule has 1 N–H and O–H groups in total. The van der Waals surface area contributed by atoms with E-state index in [0.29, 0.717) is 23.8 Å². The van der Waals surface area contributed by atoms with E-state index >= 15 is 0 Å². The summed E-state index contributed by atoms with van der Waals surface area (Å²) in [5, 5.41) is 10.5. The van der Waals surface area contributed by atoms with E-state index < -0.39 is 35.7 Å². The van der Waals surface area contributed by atoms with Gasteiger partial charge in [0.05, 0.1) is 5.69 Å². The molecule has 3 atom stereocenters. The van der Waals surface area contributed by atoms with Crippen LogP contribution in [-0.2, 0) is 10.9 Å². The van der Waals surface area contributed by atoms with Crippen molar-refractivity contribution < 1.29 is 35.8 Å². The molecule has 0 spiro atoms. The van der Waals surface area contributed by atoms with E-state index in [1.165, 1.54) is 0 Å². The maximum Gasteiger partial charge on any atom is 0.420 e. The van der Waals surface area contributed by atoms with Crippen LogP contribution in [0.5, 0.6) is 5.75 Å². The van der Waals surface area contributed by atoms with Gasteiger partial charge in [-0.05, 0) is 61.6 Å². The molecule has 12 heteroatoms. The maximum atomic E-state index is 14.5. The number of nitrogens with one attached hydrogen (secondary N) is 1. The molecule has 2 saturated heterocycles. The summed E-state index contributed by atoms with van der Waals surface area (Å²) in [6, 6.07) is 3.31. The van der Waals surface area contributed by atoms with Crippen LogP contribution in [0.1, 0.15) is 31.2 Å². The lowest BCUT2D eigenvalue weighted by atomic mass is 10.00. The van der Waals surface area contributed by atoms with Crippen molar-refractivity contribution in [1.29, 1.82) is 0 Å². The van der Waals surface area contributed by atoms with Crippen LogP contribution in [0.2, 0.25) is 0 Å². The zero-order chi connectivity index (χ0) is 26.2. The second-order valence-electron chi connectivity index (χ2n) is 10.1. The van der Waals surface area contributed by atoms with Crippen molar-refractivity contribution in [3.8, 4) is 17.0 Å². The Balaban J connectivity index is 1.26. The van der Waals surface area contributed by atoms with E-state index in [0.717, 1.165) is 76.7 Å². The molecule has 0 bridgehead atoms. The van der Waals surface area contributed by atoms with E-state index in [1.54, 1.807) is 0 Å². The standard InChI is InChI=1S/C25H28F6N4O2/c26-21-9-18(37-24(27)28)1-2-19(21)22-10-20(25(29,30)31)23(34-33-22)32-17-7-15-12-35(13-16(15)8-17)11-14-3-5-36-6-4-14/h1-2,9-10,14-17,24H,3-8,11-13H2,(H,32,34)/t15-,16+,17+. The average Bonchev–Trinajstić information content (AvgIpc) is 3.37. The van der Waals surface area contributed by atoms with Gasteiger partial charge in [-0.3, -0.25) is 0 Å². The molecule has 3 fully saturated rings. The Kier molecular flexibility index (Phi) is 7.49. The van der Waals surface area contributed by atoms with E-state index in [9.17, 15) is 26.3 Å². The molecule has 1 aliphatic carbocycles. The van der Waals surface area contributed by atoms with Gasteiger partial charge in [-0.1, -0.05) is 0 Å². The van der Waals surface area contributed by atoms with Crippen molar-refractivity contribution >= 4 is 5.82 Å². The molecule has 3 heterocycles. The second kappa shape index (κ2) is 10.6. The highest BCUT2D eigenvalue weighted by Gasteiger charge is 2.43. The van der Waals surface area contributed by atoms with Crippen LogP contribution in [0.4, 0.5) is 32.2 Å². The molecule has 6 nitrogen and oxygen atoms in total. The lowest BCUT2D eigenvalue weighted by Gasteiger charge is -2.28. The van der Waals surface area contributed by atoms with Crippen LogP contribution in [-0.4, -0.2) is 60.6 Å². The van der Waals surface area contributed by atoms with Crippen molar-refractivity contribution in [3.63, 3.8) is 0 Å². The minimum atomic E-state index is -4.75. The molecule has 37 heavy (non-hydrogen) atoms. The van der Waals surface area contributed by atoms with E-state index in [4.69, 9.17) is 4.74 Å². The first-order chi connectivity index (χ1) is 17.7. The number of halogens is 6. The second-order valence-corrected chi connectivity index (χ2v) is 10.1. The normalized spacial score (nSPS) is 25.0. The van der Waals surface area contributed by atoms with Gasteiger partial charge >= 0.3 is 12.8 Å². The predicted octanol–water partition coefficient (Wildman–Crippen LogP) is 5.45. The SMILES string of the molecule is Fc1cc(OC(F)F)ccc1-c1cc(C(F)(F)F)c(N[C@H]2C[C@@H]3CN(CC4CCOCC4)C[C@@H]3C2)nn1. The Labute approximate surface area is 210 Å². The van der Waals surface area contributed by atoms with E-state index in [-0.39, 0.29) is 17.3 Å². The van der Waals surface area contributed by atoms with Gasteiger partial charge < -0.3 is 19.7 Å². The molecule has 0 amide bonds. The van der Waals surface area contributed by atoms with Gasteiger partial charge in [-0.25, -0.2) is 4.39 Å². The topological polar surface area (TPSA) is 59.5 Å². The van der Waals surface area contributed by atoms with Crippen molar-refractivity contribution in [2.45, 2.75) is 44.5 Å². The van der Waals surface area contributed by atoms with Gasteiger partial charge in [0.2, 0.25) is 0 Å². The first kappa shape index (κ1) is 26.0. The van der Waals surface area contributed by atoms with E-state index in [2.05, 4.69) is 25.2 Å². The molecule has 0 unspecified atom stereocenters. The molecule has 2 aromatic rings. The van der Waals surface area contributed by atoms with Crippen LogP contribution in [0.15, 0.2) is 24.3 Å². The third-order valence-electron chi connectivity index (χ3n) is 7.57. The van der Waals surface area contributed by atoms with E-state index in [1.807, 2.05) is 0 Å². The summed E-state index contributed by atoms with van der Waals surface area (Å²) in [5.41, 5.74) is -1.71. The smallest absolute Gasteiger partial charge is 0.420 e. The minimum Gasteiger partial charge on any atom is -0.435 e. The fourth-order valence-corrected chi connectivity index (χ4v) is 5.88. The number of hydrogen-bond donors (Lipinski definition) is 1. The third kappa shape index (κ3) is 6.11. The fourth-order valence-electron chi connectivity index (χ4n) is 5.88. The first-order valence-electron chi connectivity index (χ1n) is 12.4. The predicted molar refractivity (Wildman–Crippen MR) is 123 cm³/mol. The number of likely N-dealkylation sites (tertiary alicyclic amines) is 1. The van der Waals surface area contributed by atoms with Gasteiger partial charge in [0, 0.05) is 50.5 Å². The quantitative estimate of drug-likeness (QED) is 0.481. The number of aromatic nitrogens is 2. The van der Waals surface area contributed by atoms with Crippen LogP contribution in [0, 0.1) is 23.6 Å². The van der Waals surface area contributed by atoms with Gasteiger partial charge in [-0.15, -0.1) is 10.2 Å². The van der Waals surface area contributed by atoms with Crippen molar-refractivity contribution in [1.82, 2.24) is 15.1 Å². The van der Waals surface area contributed by atoms with Crippen molar-refractivity contribution in [2.24, 2.45) is 17.8 Å². The number of fused-ring (bicyclic) bond motifs is 1. The molecular weight excluding hydrogens is 502 g/mol. The first-order valence-corrected chi connectivity index (χ1v) is 12.4. The summed E-state index contributed by atoms with van der Waals surface area (Å²) in [4.78, 5) is 2.48. The maximum absolute atomic E-state index is 14.5. The summed E-state index contributed by atoms with van der Waals surface area (Å²) >= 11 is 0. The van der Waals surface area contributed by atoms with Gasteiger partial charge in [0.25, 0.3) is 0 Å². The minimum absolute atomic E-state index is 0.163. The molecule has 3 aliphatic rings. The Hall–Kier alpha value is -2.60. The van der Waals surface area contributed by atoms with Crippen LogP contribution < -0.4 is 10.1 Å². The molecule has 5 rings (SSSR count). The number of hydrogen-bond acceptors (Lipinski definition) is 6. The lowest BCUT2D eigenvalue weighted by Crippen LogP contribution is -2.32. The molecule has 1 aromatic heterocycles. The Morgan fingerprint density at radius 2 is 1.76 bits per heavy atom. The average molecular weight is 531 g/mol. The molecule has 1 saturated carbocycles. The van der Waals surface area contributed by atoms with Crippen LogP contribution in [0.25, 0.3) is 11.3 Å². The Morgan fingerprint density at radius 1 is 1.05 bits per heavy atom. The highest BCUT2D eigenvalue weighted by Crippen LogP contribution is 2.42. The molecule has 0 radical (unpaired) electrons. The molecule has 2 aliphatic heterocycles. The molecular formula is C25H28F6N4O2. The van der Waals surface area contributed by atoms with Crippen LogP contribution in [0.3, 0.4) is 0 Å². The van der Waals surface area contributed by atoms with Gasteiger partial charge in [0.15, 0.2) is 5.82 Å². The number of ether oxygens (including phenoxy) is 2. The van der Waals surface area contributed by atoms with Gasteiger partial charge in [-0.2, -0.15) is 22.0 Å². The summed E-state index contributed by atoms with van der Waals surface area (Å²) in [5.74, 6) is -0.406. The number of rotatable bonds is 7. The zero-order valence-electron chi connectivity index (χ0n) is 20.0.